The van der Waals surface area contributed by atoms with E-state index in [1.807, 2.05) is 6.07 Å². The van der Waals surface area contributed by atoms with Gasteiger partial charge in [-0.25, -0.2) is 0 Å². The van der Waals surface area contributed by atoms with E-state index in [4.69, 9.17) is 5.26 Å². The first-order valence-corrected chi connectivity index (χ1v) is 5.67. The lowest BCUT2D eigenvalue weighted by Gasteiger charge is -2.02. The fourth-order valence-electron chi connectivity index (χ4n) is 0.926. The second-order valence-corrected chi connectivity index (χ2v) is 4.38. The lowest BCUT2D eigenvalue weighted by atomic mass is 10.1. The Labute approximate surface area is 82.9 Å². The van der Waals surface area contributed by atoms with E-state index in [0.29, 0.717) is 11.1 Å². The highest BCUT2D eigenvalue weighted by Crippen LogP contribution is 2.09. The highest BCUT2D eigenvalue weighted by Gasteiger charge is 2.05. The number of hydrogen-bond donors (Lipinski definition) is 0. The number of hydrogen-bond acceptors (Lipinski definition) is 4. The van der Waals surface area contributed by atoms with Gasteiger partial charge in [-0.2, -0.15) is 13.7 Å². The standard InChI is InChI=1S/C9H9NO3S/c1-14(11,12)13-7-9-5-3-2-4-8(9)6-10/h2-5H,7H2,1H3. The molecule has 4 nitrogen and oxygen atoms in total. The molecule has 0 unspecified atom stereocenters. The summed E-state index contributed by atoms with van der Waals surface area (Å²) in [5.41, 5.74) is 0.997. The zero-order chi connectivity index (χ0) is 10.6. The first-order chi connectivity index (χ1) is 6.53. The molecule has 0 aliphatic heterocycles. The monoisotopic (exact) mass is 211 g/mol. The van der Waals surface area contributed by atoms with Crippen molar-refractivity contribution in [1.29, 1.82) is 5.26 Å². The fraction of sp³-hybridized carbons (Fsp3) is 0.222. The molecular formula is C9H9NO3S. The molecule has 0 aliphatic carbocycles. The predicted molar refractivity (Wildman–Crippen MR) is 50.8 cm³/mol. The van der Waals surface area contributed by atoms with Gasteiger partial charge in [-0.15, -0.1) is 0 Å². The molecule has 0 atom stereocenters. The molecule has 14 heavy (non-hydrogen) atoms. The van der Waals surface area contributed by atoms with Crippen molar-refractivity contribution in [2.75, 3.05) is 6.26 Å². The van der Waals surface area contributed by atoms with Crippen LogP contribution in [0.15, 0.2) is 24.3 Å². The van der Waals surface area contributed by atoms with Crippen LogP contribution < -0.4 is 0 Å². The van der Waals surface area contributed by atoms with Crippen molar-refractivity contribution in [3.05, 3.63) is 35.4 Å². The minimum absolute atomic E-state index is 0.0947. The van der Waals surface area contributed by atoms with E-state index >= 15 is 0 Å². The summed E-state index contributed by atoms with van der Waals surface area (Å²) >= 11 is 0. The lowest BCUT2D eigenvalue weighted by molar-refractivity contribution is 0.311. The topological polar surface area (TPSA) is 67.2 Å². The van der Waals surface area contributed by atoms with Gasteiger partial charge in [0.1, 0.15) is 0 Å². The Morgan fingerprint density at radius 3 is 2.64 bits per heavy atom. The molecule has 0 heterocycles. The van der Waals surface area contributed by atoms with Gasteiger partial charge in [-0.3, -0.25) is 4.18 Å². The molecule has 0 fully saturated rings. The Balaban J connectivity index is 2.83. The number of rotatable bonds is 3. The molecule has 1 aromatic rings. The number of nitriles is 1. The summed E-state index contributed by atoms with van der Waals surface area (Å²) < 4.78 is 26.0. The zero-order valence-corrected chi connectivity index (χ0v) is 8.41. The maximum atomic E-state index is 10.7. The number of nitrogens with zero attached hydrogens (tertiary/aromatic N) is 1. The summed E-state index contributed by atoms with van der Waals surface area (Å²) in [7, 11) is -3.46. The molecule has 0 saturated heterocycles. The molecule has 1 rings (SSSR count). The predicted octanol–water partition coefficient (Wildman–Crippen LogP) is 1.03. The van der Waals surface area contributed by atoms with Crippen LogP contribution in [0.3, 0.4) is 0 Å². The van der Waals surface area contributed by atoms with E-state index in [1.54, 1.807) is 24.3 Å². The lowest BCUT2D eigenvalue weighted by Crippen LogP contribution is -2.03. The summed E-state index contributed by atoms with van der Waals surface area (Å²) in [6, 6.07) is 8.66. The van der Waals surface area contributed by atoms with Gasteiger partial charge in [0.25, 0.3) is 10.1 Å². The van der Waals surface area contributed by atoms with E-state index in [1.165, 1.54) is 0 Å². The van der Waals surface area contributed by atoms with Crippen molar-refractivity contribution in [2.45, 2.75) is 6.61 Å². The minimum Gasteiger partial charge on any atom is -0.265 e. The average molecular weight is 211 g/mol. The van der Waals surface area contributed by atoms with Gasteiger partial charge in [-0.05, 0) is 11.6 Å². The van der Waals surface area contributed by atoms with Gasteiger partial charge in [0, 0.05) is 0 Å². The third kappa shape index (κ3) is 3.17. The van der Waals surface area contributed by atoms with Crippen LogP contribution in [0.5, 0.6) is 0 Å². The Morgan fingerprint density at radius 1 is 1.43 bits per heavy atom. The van der Waals surface area contributed by atoms with Gasteiger partial charge in [0.2, 0.25) is 0 Å². The molecule has 0 spiro atoms. The van der Waals surface area contributed by atoms with Crippen molar-refractivity contribution in [1.82, 2.24) is 0 Å². The second kappa shape index (κ2) is 4.22. The van der Waals surface area contributed by atoms with Crippen molar-refractivity contribution in [3.8, 4) is 6.07 Å². The van der Waals surface area contributed by atoms with Gasteiger partial charge in [0.15, 0.2) is 0 Å². The number of benzene rings is 1. The summed E-state index contributed by atoms with van der Waals surface area (Å²) in [6.45, 7) is -0.0947. The highest BCUT2D eigenvalue weighted by molar-refractivity contribution is 7.85. The van der Waals surface area contributed by atoms with Crippen molar-refractivity contribution >= 4 is 10.1 Å². The smallest absolute Gasteiger partial charge is 0.264 e. The van der Waals surface area contributed by atoms with Crippen LogP contribution in [0.2, 0.25) is 0 Å². The SMILES string of the molecule is CS(=O)(=O)OCc1ccccc1C#N. The van der Waals surface area contributed by atoms with Crippen LogP contribution in [0.1, 0.15) is 11.1 Å². The van der Waals surface area contributed by atoms with Gasteiger partial charge in [-0.1, -0.05) is 18.2 Å². The van der Waals surface area contributed by atoms with Crippen LogP contribution in [0.4, 0.5) is 0 Å². The van der Waals surface area contributed by atoms with Crippen molar-refractivity contribution in [3.63, 3.8) is 0 Å². The summed E-state index contributed by atoms with van der Waals surface area (Å²) in [4.78, 5) is 0. The van der Waals surface area contributed by atoms with Gasteiger partial charge in [0.05, 0.1) is 24.5 Å². The van der Waals surface area contributed by atoms with Crippen molar-refractivity contribution < 1.29 is 12.6 Å². The molecule has 0 bridgehead atoms. The first-order valence-electron chi connectivity index (χ1n) is 3.85. The molecule has 74 valence electrons. The first kappa shape index (κ1) is 10.7. The molecule has 0 amide bonds. The second-order valence-electron chi connectivity index (χ2n) is 2.74. The largest absolute Gasteiger partial charge is 0.265 e. The molecule has 0 saturated carbocycles. The Hall–Kier alpha value is -1.38. The zero-order valence-electron chi connectivity index (χ0n) is 7.60. The summed E-state index contributed by atoms with van der Waals surface area (Å²) in [5, 5.41) is 8.69. The molecule has 5 heteroatoms. The van der Waals surface area contributed by atoms with E-state index in [-0.39, 0.29) is 6.61 Å². The van der Waals surface area contributed by atoms with E-state index in [9.17, 15) is 8.42 Å². The van der Waals surface area contributed by atoms with Gasteiger partial charge >= 0.3 is 0 Å². The highest BCUT2D eigenvalue weighted by atomic mass is 32.2. The summed E-state index contributed by atoms with van der Waals surface area (Å²) in [6.07, 6.45) is 0.974. The molecule has 0 aromatic heterocycles. The van der Waals surface area contributed by atoms with E-state index in [2.05, 4.69) is 4.18 Å². The normalized spacial score (nSPS) is 10.9. The van der Waals surface area contributed by atoms with Crippen LogP contribution in [-0.2, 0) is 20.9 Å². The average Bonchev–Trinajstić information content (AvgIpc) is 2.14. The van der Waals surface area contributed by atoms with Crippen LogP contribution in [0.25, 0.3) is 0 Å². The van der Waals surface area contributed by atoms with Gasteiger partial charge < -0.3 is 0 Å². The Kier molecular flexibility index (Phi) is 3.23. The van der Waals surface area contributed by atoms with E-state index < -0.39 is 10.1 Å². The maximum Gasteiger partial charge on any atom is 0.264 e. The molecule has 0 aliphatic rings. The maximum absolute atomic E-state index is 10.7. The van der Waals surface area contributed by atoms with Crippen LogP contribution >= 0.6 is 0 Å². The third-order valence-electron chi connectivity index (χ3n) is 1.57. The fourth-order valence-corrected chi connectivity index (χ4v) is 1.27. The summed E-state index contributed by atoms with van der Waals surface area (Å²) in [5.74, 6) is 0. The quantitative estimate of drug-likeness (QED) is 0.700. The molecule has 0 N–H and O–H groups in total. The van der Waals surface area contributed by atoms with Crippen molar-refractivity contribution in [2.24, 2.45) is 0 Å². The Bertz CT molecular complexity index is 459. The Morgan fingerprint density at radius 2 is 2.07 bits per heavy atom. The van der Waals surface area contributed by atoms with E-state index in [0.717, 1.165) is 6.26 Å². The molecule has 0 radical (unpaired) electrons. The molecule has 1 aromatic carbocycles. The van der Waals surface area contributed by atoms with Crippen LogP contribution in [-0.4, -0.2) is 14.7 Å². The third-order valence-corrected chi connectivity index (χ3v) is 2.11. The van der Waals surface area contributed by atoms with Crippen LogP contribution in [0, 0.1) is 11.3 Å². The minimum atomic E-state index is -3.46. The molecular weight excluding hydrogens is 202 g/mol.